The van der Waals surface area contributed by atoms with Crippen molar-refractivity contribution in [1.29, 1.82) is 0 Å². The summed E-state index contributed by atoms with van der Waals surface area (Å²) in [6, 6.07) is 3.90. The van der Waals surface area contributed by atoms with E-state index in [2.05, 4.69) is 18.8 Å². The predicted molar refractivity (Wildman–Crippen MR) is 102 cm³/mol. The number of fused-ring (bicyclic) bond motifs is 3. The number of nitrogens with zero attached hydrogens (tertiary/aromatic N) is 3. The molecule has 0 amide bonds. The highest BCUT2D eigenvalue weighted by molar-refractivity contribution is 7.18. The normalized spacial score (nSPS) is 15.1. The predicted octanol–water partition coefficient (Wildman–Crippen LogP) is 5.06. The summed E-state index contributed by atoms with van der Waals surface area (Å²) in [6.07, 6.45) is 9.46. The molecule has 0 fully saturated rings. The molecule has 0 saturated carbocycles. The molecule has 1 unspecified atom stereocenters. The topological polar surface area (TPSA) is 47.9 Å². The van der Waals surface area contributed by atoms with Crippen LogP contribution >= 0.6 is 11.3 Å². The van der Waals surface area contributed by atoms with Crippen LogP contribution in [0.3, 0.4) is 0 Å². The second kappa shape index (κ2) is 7.08. The second-order valence-corrected chi connectivity index (χ2v) is 7.89. The Labute approximate surface area is 152 Å². The molecule has 4 nitrogen and oxygen atoms in total. The number of thiophene rings is 1. The summed E-state index contributed by atoms with van der Waals surface area (Å²) in [5.41, 5.74) is 2.41. The van der Waals surface area contributed by atoms with Gasteiger partial charge in [0.15, 0.2) is 5.82 Å². The number of rotatable bonds is 5. The monoisotopic (exact) mass is 353 g/mol. The lowest BCUT2D eigenvalue weighted by atomic mass is 9.97. The molecule has 130 valence electrons. The molecule has 5 heteroatoms. The van der Waals surface area contributed by atoms with Crippen molar-refractivity contribution in [3.63, 3.8) is 0 Å². The maximum Gasteiger partial charge on any atom is 0.226 e. The smallest absolute Gasteiger partial charge is 0.226 e. The minimum atomic E-state index is 0.517. The summed E-state index contributed by atoms with van der Waals surface area (Å²) < 4.78 is 6.20. The van der Waals surface area contributed by atoms with Crippen molar-refractivity contribution in [2.75, 3.05) is 6.61 Å². The van der Waals surface area contributed by atoms with E-state index in [1.165, 1.54) is 23.3 Å². The van der Waals surface area contributed by atoms with Gasteiger partial charge in [-0.15, -0.1) is 11.3 Å². The van der Waals surface area contributed by atoms with Crippen LogP contribution in [0.1, 0.15) is 43.6 Å². The van der Waals surface area contributed by atoms with Crippen molar-refractivity contribution >= 4 is 21.6 Å². The number of hydrogen-bond acceptors (Lipinski definition) is 5. The molecule has 0 saturated heterocycles. The molecule has 0 radical (unpaired) electrons. The molecule has 1 aliphatic rings. The van der Waals surface area contributed by atoms with Crippen molar-refractivity contribution in [3.05, 3.63) is 35.0 Å². The van der Waals surface area contributed by atoms with Crippen molar-refractivity contribution in [2.45, 2.75) is 46.0 Å². The van der Waals surface area contributed by atoms with E-state index in [9.17, 15) is 0 Å². The average Bonchev–Trinajstić information content (AvgIpc) is 3.05. The number of ether oxygens (including phenoxy) is 1. The van der Waals surface area contributed by atoms with Crippen LogP contribution in [-0.2, 0) is 12.8 Å². The third kappa shape index (κ3) is 3.25. The highest BCUT2D eigenvalue weighted by Gasteiger charge is 2.22. The average molecular weight is 353 g/mol. The van der Waals surface area contributed by atoms with Gasteiger partial charge in [0.05, 0.1) is 12.0 Å². The summed E-state index contributed by atoms with van der Waals surface area (Å²) in [7, 11) is 0. The van der Waals surface area contributed by atoms with Crippen molar-refractivity contribution < 1.29 is 4.74 Å². The summed E-state index contributed by atoms with van der Waals surface area (Å²) >= 11 is 1.82. The molecule has 3 heterocycles. The molecular formula is C20H23N3OS. The molecule has 0 spiro atoms. The standard InChI is InChI=1S/C20H23N3OS/c1-3-13(2)12-24-19-17-15-6-4-5-7-16(15)25-20(17)23-18(22-19)14-8-10-21-11-9-14/h8-11,13H,3-7,12H2,1-2H3. The Morgan fingerprint density at radius 3 is 2.76 bits per heavy atom. The summed E-state index contributed by atoms with van der Waals surface area (Å²) in [5.74, 6) is 2.01. The van der Waals surface area contributed by atoms with Crippen LogP contribution in [0.4, 0.5) is 0 Å². The third-order valence-corrected chi connectivity index (χ3v) is 6.11. The Kier molecular flexibility index (Phi) is 4.66. The van der Waals surface area contributed by atoms with Crippen LogP contribution in [-0.4, -0.2) is 21.6 Å². The van der Waals surface area contributed by atoms with Gasteiger partial charge in [-0.1, -0.05) is 20.3 Å². The van der Waals surface area contributed by atoms with Gasteiger partial charge in [-0.05, 0) is 49.3 Å². The van der Waals surface area contributed by atoms with E-state index in [-0.39, 0.29) is 0 Å². The highest BCUT2D eigenvalue weighted by atomic mass is 32.1. The van der Waals surface area contributed by atoms with Crippen LogP contribution in [0.15, 0.2) is 24.5 Å². The van der Waals surface area contributed by atoms with E-state index in [4.69, 9.17) is 14.7 Å². The van der Waals surface area contributed by atoms with E-state index in [1.54, 1.807) is 12.4 Å². The Morgan fingerprint density at radius 1 is 1.16 bits per heavy atom. The van der Waals surface area contributed by atoms with Crippen LogP contribution in [0.2, 0.25) is 0 Å². The van der Waals surface area contributed by atoms with Gasteiger partial charge in [0.1, 0.15) is 4.83 Å². The van der Waals surface area contributed by atoms with E-state index in [0.717, 1.165) is 46.7 Å². The summed E-state index contributed by atoms with van der Waals surface area (Å²) in [4.78, 5) is 16.3. The quantitative estimate of drug-likeness (QED) is 0.643. The van der Waals surface area contributed by atoms with E-state index >= 15 is 0 Å². The number of pyridine rings is 1. The molecular weight excluding hydrogens is 330 g/mol. The Hall–Kier alpha value is -2.01. The van der Waals surface area contributed by atoms with Gasteiger partial charge in [0, 0.05) is 22.8 Å². The zero-order valence-corrected chi connectivity index (χ0v) is 15.6. The highest BCUT2D eigenvalue weighted by Crippen LogP contribution is 2.40. The van der Waals surface area contributed by atoms with Crippen LogP contribution < -0.4 is 4.74 Å². The zero-order chi connectivity index (χ0) is 17.2. The first-order valence-corrected chi connectivity index (χ1v) is 9.93. The Bertz CT molecular complexity index is 876. The fourth-order valence-corrected chi connectivity index (χ4v) is 4.45. The molecule has 4 rings (SSSR count). The fourth-order valence-electron chi connectivity index (χ4n) is 3.20. The molecule has 1 aliphatic carbocycles. The summed E-state index contributed by atoms with van der Waals surface area (Å²) in [6.45, 7) is 5.10. The van der Waals surface area contributed by atoms with Gasteiger partial charge in [-0.25, -0.2) is 4.98 Å². The minimum absolute atomic E-state index is 0.517. The van der Waals surface area contributed by atoms with Crippen LogP contribution in [0, 0.1) is 5.92 Å². The van der Waals surface area contributed by atoms with E-state index < -0.39 is 0 Å². The first-order chi connectivity index (χ1) is 12.3. The second-order valence-electron chi connectivity index (χ2n) is 6.80. The van der Waals surface area contributed by atoms with Gasteiger partial charge in [0.2, 0.25) is 5.88 Å². The van der Waals surface area contributed by atoms with Crippen LogP contribution in [0.5, 0.6) is 5.88 Å². The van der Waals surface area contributed by atoms with Gasteiger partial charge in [-0.2, -0.15) is 4.98 Å². The number of aromatic nitrogens is 3. The maximum absolute atomic E-state index is 6.20. The van der Waals surface area contributed by atoms with Gasteiger partial charge in [-0.3, -0.25) is 4.98 Å². The van der Waals surface area contributed by atoms with Crippen molar-refractivity contribution in [2.24, 2.45) is 5.92 Å². The molecule has 3 aromatic rings. The zero-order valence-electron chi connectivity index (χ0n) is 14.8. The van der Waals surface area contributed by atoms with Gasteiger partial charge in [0.25, 0.3) is 0 Å². The molecule has 0 N–H and O–H groups in total. The molecule has 3 aromatic heterocycles. The number of hydrogen-bond donors (Lipinski definition) is 0. The minimum Gasteiger partial charge on any atom is -0.477 e. The Balaban J connectivity index is 1.83. The molecule has 1 atom stereocenters. The summed E-state index contributed by atoms with van der Waals surface area (Å²) in [5, 5.41) is 1.15. The maximum atomic E-state index is 6.20. The molecule has 0 bridgehead atoms. The lowest BCUT2D eigenvalue weighted by Gasteiger charge is -2.14. The fraction of sp³-hybridized carbons (Fsp3) is 0.450. The third-order valence-electron chi connectivity index (χ3n) is 4.92. The van der Waals surface area contributed by atoms with Gasteiger partial charge < -0.3 is 4.74 Å². The van der Waals surface area contributed by atoms with Crippen molar-refractivity contribution in [1.82, 2.24) is 15.0 Å². The first kappa shape index (κ1) is 16.5. The van der Waals surface area contributed by atoms with E-state index in [0.29, 0.717) is 12.5 Å². The molecule has 25 heavy (non-hydrogen) atoms. The Morgan fingerprint density at radius 2 is 1.96 bits per heavy atom. The SMILES string of the molecule is CCC(C)COc1nc(-c2ccncc2)nc2sc3c(c12)CCCC3. The lowest BCUT2D eigenvalue weighted by Crippen LogP contribution is -2.09. The lowest BCUT2D eigenvalue weighted by molar-refractivity contribution is 0.251. The largest absolute Gasteiger partial charge is 0.477 e. The van der Waals surface area contributed by atoms with Crippen molar-refractivity contribution in [3.8, 4) is 17.3 Å². The van der Waals surface area contributed by atoms with Gasteiger partial charge >= 0.3 is 0 Å². The molecule has 0 aromatic carbocycles. The number of aryl methyl sites for hydroxylation is 2. The first-order valence-electron chi connectivity index (χ1n) is 9.11. The molecule has 0 aliphatic heterocycles. The van der Waals surface area contributed by atoms with E-state index in [1.807, 2.05) is 23.5 Å². The van der Waals surface area contributed by atoms with Crippen LogP contribution in [0.25, 0.3) is 21.6 Å².